The number of aliphatic hydroxyl groups is 1. The maximum Gasteiger partial charge on any atom is 0.250 e. The van der Waals surface area contributed by atoms with E-state index < -0.39 is 41.5 Å². The van der Waals surface area contributed by atoms with Crippen molar-refractivity contribution in [2.24, 2.45) is 17.8 Å². The van der Waals surface area contributed by atoms with Gasteiger partial charge >= 0.3 is 0 Å². The van der Waals surface area contributed by atoms with Crippen molar-refractivity contribution in [1.82, 2.24) is 10.2 Å². The van der Waals surface area contributed by atoms with E-state index in [0.29, 0.717) is 36.5 Å². The molecule has 1 spiro atoms. The Balaban J connectivity index is 1.50. The molecule has 0 radical (unpaired) electrons. The van der Waals surface area contributed by atoms with Crippen LogP contribution >= 0.6 is 11.6 Å². The normalized spacial score (nSPS) is 28.7. The molecule has 3 heterocycles. The van der Waals surface area contributed by atoms with E-state index in [-0.39, 0.29) is 24.3 Å². The van der Waals surface area contributed by atoms with Gasteiger partial charge in [-0.3, -0.25) is 14.4 Å². The van der Waals surface area contributed by atoms with Crippen molar-refractivity contribution in [3.63, 3.8) is 0 Å². The first-order valence-corrected chi connectivity index (χ1v) is 14.1. The highest BCUT2D eigenvalue weighted by Crippen LogP contribution is 2.59. The summed E-state index contributed by atoms with van der Waals surface area (Å²) < 4.78 is 6.51. The average molecular weight is 554 g/mol. The van der Waals surface area contributed by atoms with Crippen LogP contribution < -0.4 is 10.6 Å². The molecular weight excluding hydrogens is 518 g/mol. The van der Waals surface area contributed by atoms with Gasteiger partial charge in [0, 0.05) is 6.54 Å². The number of likely N-dealkylation sites (tertiary alicyclic amines) is 1. The van der Waals surface area contributed by atoms with E-state index >= 15 is 0 Å². The fraction of sp³-hybridized carbons (Fsp3) is 0.500. The van der Waals surface area contributed by atoms with Crippen LogP contribution in [0.15, 0.2) is 48.5 Å². The van der Waals surface area contributed by atoms with Crippen LogP contribution in [-0.2, 0) is 25.7 Å². The fourth-order valence-corrected chi connectivity index (χ4v) is 7.02. The number of halogens is 1. The molecule has 2 aromatic carbocycles. The van der Waals surface area contributed by atoms with Gasteiger partial charge in [-0.1, -0.05) is 74.3 Å². The van der Waals surface area contributed by atoms with Crippen LogP contribution in [0.1, 0.15) is 44.2 Å². The number of ether oxygens (including phenoxy) is 1. The van der Waals surface area contributed by atoms with Gasteiger partial charge in [0.25, 0.3) is 0 Å². The van der Waals surface area contributed by atoms with E-state index in [9.17, 15) is 19.5 Å². The number of nitrogens with one attached hydrogen (secondary N) is 2. The van der Waals surface area contributed by atoms with Gasteiger partial charge in [0.1, 0.15) is 11.6 Å². The van der Waals surface area contributed by atoms with Crippen LogP contribution in [0.2, 0.25) is 5.02 Å². The van der Waals surface area contributed by atoms with Gasteiger partial charge in [-0.15, -0.1) is 0 Å². The van der Waals surface area contributed by atoms with Crippen LogP contribution in [0.4, 0.5) is 5.69 Å². The molecule has 0 saturated carbocycles. The summed E-state index contributed by atoms with van der Waals surface area (Å²) in [6.07, 6.45) is 1.30. The third-order valence-corrected chi connectivity index (χ3v) is 9.23. The van der Waals surface area contributed by atoms with Gasteiger partial charge in [-0.2, -0.15) is 0 Å². The number of carbonyl (C=O) groups excluding carboxylic acids is 3. The molecule has 2 bridgehead atoms. The van der Waals surface area contributed by atoms with Crippen LogP contribution in [-0.4, -0.2) is 58.1 Å². The lowest BCUT2D eigenvalue weighted by molar-refractivity contribution is -0.145. The second-order valence-corrected chi connectivity index (χ2v) is 11.5. The monoisotopic (exact) mass is 553 g/mol. The van der Waals surface area contributed by atoms with Crippen molar-refractivity contribution in [3.8, 4) is 0 Å². The summed E-state index contributed by atoms with van der Waals surface area (Å²) in [6, 6.07) is 13.3. The Morgan fingerprint density at radius 2 is 1.92 bits per heavy atom. The molecule has 3 saturated heterocycles. The van der Waals surface area contributed by atoms with Crippen LogP contribution in [0.3, 0.4) is 0 Å². The minimum absolute atomic E-state index is 0.0749. The predicted molar refractivity (Wildman–Crippen MR) is 148 cm³/mol. The number of carbonyl (C=O) groups is 3. The molecule has 2 aromatic rings. The first-order chi connectivity index (χ1) is 18.7. The second-order valence-electron chi connectivity index (χ2n) is 11.1. The number of rotatable bonds is 9. The molecule has 3 N–H and O–H groups in total. The summed E-state index contributed by atoms with van der Waals surface area (Å²) >= 11 is 6.43. The molecule has 3 aliphatic heterocycles. The number of amides is 3. The van der Waals surface area contributed by atoms with E-state index in [4.69, 9.17) is 16.3 Å². The highest BCUT2D eigenvalue weighted by molar-refractivity contribution is 6.34. The second kappa shape index (κ2) is 10.9. The minimum Gasteiger partial charge on any atom is -0.394 e. The maximum absolute atomic E-state index is 14.2. The zero-order valence-corrected chi connectivity index (χ0v) is 23.3. The van der Waals surface area contributed by atoms with Crippen molar-refractivity contribution in [2.45, 2.75) is 70.4 Å². The number of aryl methyl sites for hydroxylation is 1. The zero-order valence-electron chi connectivity index (χ0n) is 22.5. The minimum atomic E-state index is -1.16. The van der Waals surface area contributed by atoms with E-state index in [0.717, 1.165) is 11.1 Å². The molecule has 3 aliphatic rings. The van der Waals surface area contributed by atoms with Crippen molar-refractivity contribution in [3.05, 3.63) is 64.7 Å². The van der Waals surface area contributed by atoms with Crippen LogP contribution in [0.25, 0.3) is 0 Å². The number of anilines is 1. The molecule has 0 aromatic heterocycles. The number of aliphatic hydroxyl groups excluding tert-OH is 1. The Morgan fingerprint density at radius 1 is 1.18 bits per heavy atom. The third-order valence-electron chi connectivity index (χ3n) is 8.91. The van der Waals surface area contributed by atoms with Gasteiger partial charge in [0.05, 0.1) is 41.3 Å². The van der Waals surface area contributed by atoms with Crippen LogP contribution in [0.5, 0.6) is 0 Å². The molecule has 208 valence electrons. The summed E-state index contributed by atoms with van der Waals surface area (Å²) in [5.74, 6) is -2.59. The first-order valence-electron chi connectivity index (χ1n) is 13.7. The van der Waals surface area contributed by atoms with E-state index in [2.05, 4.69) is 10.6 Å². The van der Waals surface area contributed by atoms with Gasteiger partial charge in [-0.05, 0) is 42.9 Å². The van der Waals surface area contributed by atoms with E-state index in [1.165, 1.54) is 4.90 Å². The maximum atomic E-state index is 14.2. The Kier molecular flexibility index (Phi) is 7.73. The number of hydrogen-bond acceptors (Lipinski definition) is 5. The van der Waals surface area contributed by atoms with E-state index in [1.54, 1.807) is 12.1 Å². The largest absolute Gasteiger partial charge is 0.394 e. The highest BCUT2D eigenvalue weighted by atomic mass is 35.5. The molecule has 8 nitrogen and oxygen atoms in total. The van der Waals surface area contributed by atoms with Crippen molar-refractivity contribution in [2.75, 3.05) is 11.9 Å². The molecule has 3 amide bonds. The molecule has 39 heavy (non-hydrogen) atoms. The average Bonchev–Trinajstić information content (AvgIpc) is 3.58. The molecule has 9 heteroatoms. The lowest BCUT2D eigenvalue weighted by atomic mass is 9.70. The fourth-order valence-electron chi connectivity index (χ4n) is 6.75. The van der Waals surface area contributed by atoms with Crippen molar-refractivity contribution in [1.29, 1.82) is 0 Å². The Bertz CT molecular complexity index is 1240. The molecule has 2 unspecified atom stereocenters. The first kappa shape index (κ1) is 27.6. The van der Waals surface area contributed by atoms with Gasteiger partial charge in [0.15, 0.2) is 0 Å². The Morgan fingerprint density at radius 3 is 2.59 bits per heavy atom. The topological polar surface area (TPSA) is 108 Å². The van der Waals surface area contributed by atoms with Gasteiger partial charge < -0.3 is 25.4 Å². The van der Waals surface area contributed by atoms with E-state index in [1.807, 2.05) is 57.2 Å². The number of fused-ring (bicyclic) bond motifs is 1. The summed E-state index contributed by atoms with van der Waals surface area (Å²) in [7, 11) is 0. The lowest BCUT2D eigenvalue weighted by Crippen LogP contribution is -2.57. The van der Waals surface area contributed by atoms with Crippen molar-refractivity contribution < 1.29 is 24.2 Å². The number of benzene rings is 2. The molecule has 3 fully saturated rings. The number of nitrogens with zero attached hydrogens (tertiary/aromatic N) is 1. The zero-order chi connectivity index (χ0) is 27.9. The SMILES string of the molecule is CC[C@H](C)[C@H](CO)N1C(=O)[C@@H]2[C@H](C(=O)NCc3ccccc3)[C@@H]3CCC2(O3)C1C(=O)Nc1c(C)cccc1Cl. The summed E-state index contributed by atoms with van der Waals surface area (Å²) in [4.78, 5) is 43.4. The smallest absolute Gasteiger partial charge is 0.250 e. The van der Waals surface area contributed by atoms with Gasteiger partial charge in [-0.25, -0.2) is 0 Å². The third kappa shape index (κ3) is 4.62. The van der Waals surface area contributed by atoms with Crippen molar-refractivity contribution >= 4 is 35.0 Å². The van der Waals surface area contributed by atoms with Gasteiger partial charge in [0.2, 0.25) is 17.7 Å². The lowest BCUT2D eigenvalue weighted by Gasteiger charge is -2.38. The molecule has 0 aliphatic carbocycles. The standard InChI is InChI=1S/C30H36ClN3O5/c1-4-17(2)21(16-35)34-26(28(37)33-25-18(3)9-8-12-20(25)31)30-14-13-22(39-30)23(24(30)29(34)38)27(36)32-15-19-10-6-5-7-11-19/h5-12,17,21-24,26,35H,4,13-16H2,1-3H3,(H,32,36)(H,33,37)/t17-,21-,22-,23+,24-,26?,30?/m0/s1. The quantitative estimate of drug-likeness (QED) is 0.439. The Labute approximate surface area is 234 Å². The summed E-state index contributed by atoms with van der Waals surface area (Å²) in [6.45, 7) is 5.82. The highest BCUT2D eigenvalue weighted by Gasteiger charge is 2.75. The number of hydrogen-bond donors (Lipinski definition) is 3. The Hall–Kier alpha value is -2.94. The molecule has 5 rings (SSSR count). The molecular formula is C30H36ClN3O5. The molecule has 7 atom stereocenters. The number of para-hydroxylation sites is 1. The summed E-state index contributed by atoms with van der Waals surface area (Å²) in [5, 5.41) is 16.8. The predicted octanol–water partition coefficient (Wildman–Crippen LogP) is 3.68. The van der Waals surface area contributed by atoms with Crippen LogP contribution in [0, 0.1) is 24.7 Å². The summed E-state index contributed by atoms with van der Waals surface area (Å²) in [5.41, 5.74) is 1.06.